The molecule has 3 nitrogen and oxygen atoms in total. The van der Waals surface area contributed by atoms with E-state index in [4.69, 9.17) is 0 Å². The Balaban J connectivity index is 3.38. The SMILES string of the molecule is CC(CBr)N(C)S(=O)(=O)c1c(F)cc(F)cc1F. The fourth-order valence-corrected chi connectivity index (χ4v) is 3.33. The molecule has 1 aromatic rings. The van der Waals surface area contributed by atoms with Gasteiger partial charge >= 0.3 is 0 Å². The quantitative estimate of drug-likeness (QED) is 0.786. The third-order valence-corrected chi connectivity index (χ3v) is 5.41. The number of hydrogen-bond donors (Lipinski definition) is 0. The lowest BCUT2D eigenvalue weighted by Gasteiger charge is -2.23. The van der Waals surface area contributed by atoms with Gasteiger partial charge in [-0.25, -0.2) is 21.6 Å². The Kier molecular flexibility index (Phi) is 4.79. The maximum atomic E-state index is 13.4. The minimum Gasteiger partial charge on any atom is -0.207 e. The number of sulfonamides is 1. The second-order valence-corrected chi connectivity index (χ2v) is 6.30. The van der Waals surface area contributed by atoms with Crippen molar-refractivity contribution in [3.8, 4) is 0 Å². The Bertz CT molecular complexity index is 527. The Morgan fingerprint density at radius 1 is 1.28 bits per heavy atom. The van der Waals surface area contributed by atoms with Crippen LogP contribution in [0.5, 0.6) is 0 Å². The number of hydrogen-bond acceptors (Lipinski definition) is 2. The summed E-state index contributed by atoms with van der Waals surface area (Å²) in [6.07, 6.45) is 0. The van der Waals surface area contributed by atoms with Crippen LogP contribution in [0.15, 0.2) is 17.0 Å². The van der Waals surface area contributed by atoms with Gasteiger partial charge in [-0.1, -0.05) is 15.9 Å². The van der Waals surface area contributed by atoms with Crippen molar-refractivity contribution in [2.75, 3.05) is 12.4 Å². The first-order chi connectivity index (χ1) is 8.21. The molecule has 8 heteroatoms. The molecule has 1 rings (SSSR count). The van der Waals surface area contributed by atoms with Crippen molar-refractivity contribution in [3.63, 3.8) is 0 Å². The minimum atomic E-state index is -4.34. The van der Waals surface area contributed by atoms with Crippen LogP contribution in [-0.4, -0.2) is 31.1 Å². The Labute approximate surface area is 112 Å². The summed E-state index contributed by atoms with van der Waals surface area (Å²) in [7, 11) is -3.14. The molecule has 0 amide bonds. The zero-order valence-electron chi connectivity index (χ0n) is 9.62. The number of alkyl halides is 1. The van der Waals surface area contributed by atoms with Gasteiger partial charge in [-0.05, 0) is 6.92 Å². The summed E-state index contributed by atoms with van der Waals surface area (Å²) < 4.78 is 64.4. The summed E-state index contributed by atoms with van der Waals surface area (Å²) >= 11 is 3.08. The maximum Gasteiger partial charge on any atom is 0.248 e. The lowest BCUT2D eigenvalue weighted by atomic mass is 10.3. The standard InChI is InChI=1S/C10H11BrF3NO2S/c1-6(5-11)15(2)18(16,17)10-8(13)3-7(12)4-9(10)14/h3-4,6H,5H2,1-2H3. The van der Waals surface area contributed by atoms with E-state index >= 15 is 0 Å². The molecule has 0 saturated carbocycles. The Morgan fingerprint density at radius 3 is 2.11 bits per heavy atom. The second kappa shape index (κ2) is 5.58. The molecular weight excluding hydrogens is 335 g/mol. The summed E-state index contributed by atoms with van der Waals surface area (Å²) in [6.45, 7) is 1.56. The van der Waals surface area contributed by atoms with Crippen molar-refractivity contribution >= 4 is 26.0 Å². The molecule has 1 atom stereocenters. The van der Waals surface area contributed by atoms with E-state index in [9.17, 15) is 21.6 Å². The first kappa shape index (κ1) is 15.5. The number of halogens is 4. The van der Waals surface area contributed by atoms with Crippen LogP contribution in [0.4, 0.5) is 13.2 Å². The summed E-state index contributed by atoms with van der Waals surface area (Å²) in [4.78, 5) is -1.14. The van der Waals surface area contributed by atoms with Crippen LogP contribution in [0.1, 0.15) is 6.92 Å². The summed E-state index contributed by atoms with van der Waals surface area (Å²) in [6, 6.07) is 0.171. The average molecular weight is 346 g/mol. The number of benzene rings is 1. The van der Waals surface area contributed by atoms with Crippen molar-refractivity contribution in [1.82, 2.24) is 4.31 Å². The van der Waals surface area contributed by atoms with Crippen LogP contribution in [0.25, 0.3) is 0 Å². The predicted octanol–water partition coefficient (Wildman–Crippen LogP) is 2.51. The molecule has 0 radical (unpaired) electrons. The van der Waals surface area contributed by atoms with Gasteiger partial charge in [0, 0.05) is 30.6 Å². The highest BCUT2D eigenvalue weighted by Gasteiger charge is 2.31. The van der Waals surface area contributed by atoms with Gasteiger partial charge < -0.3 is 0 Å². The molecular formula is C10H11BrF3NO2S. The van der Waals surface area contributed by atoms with E-state index < -0.39 is 38.4 Å². The van der Waals surface area contributed by atoms with Crippen LogP contribution in [-0.2, 0) is 10.0 Å². The third-order valence-electron chi connectivity index (χ3n) is 2.44. The smallest absolute Gasteiger partial charge is 0.207 e. The summed E-state index contributed by atoms with van der Waals surface area (Å²) in [5.41, 5.74) is 0. The summed E-state index contributed by atoms with van der Waals surface area (Å²) in [5, 5.41) is 0.299. The predicted molar refractivity (Wildman–Crippen MR) is 64.5 cm³/mol. The fourth-order valence-electron chi connectivity index (χ4n) is 1.25. The highest BCUT2D eigenvalue weighted by molar-refractivity contribution is 9.09. The van der Waals surface area contributed by atoms with Gasteiger partial charge in [-0.15, -0.1) is 0 Å². The Morgan fingerprint density at radius 2 is 1.72 bits per heavy atom. The number of rotatable bonds is 4. The highest BCUT2D eigenvalue weighted by atomic mass is 79.9. The van der Waals surface area contributed by atoms with Gasteiger partial charge in [0.15, 0.2) is 4.90 Å². The van der Waals surface area contributed by atoms with E-state index in [1.165, 1.54) is 7.05 Å². The second-order valence-electron chi connectivity index (χ2n) is 3.72. The lowest BCUT2D eigenvalue weighted by Crippen LogP contribution is -2.37. The van der Waals surface area contributed by atoms with Crippen molar-refractivity contribution in [3.05, 3.63) is 29.6 Å². The molecule has 0 bridgehead atoms. The molecule has 1 aromatic carbocycles. The van der Waals surface area contributed by atoms with Gasteiger partial charge in [0.05, 0.1) is 0 Å². The van der Waals surface area contributed by atoms with Crippen LogP contribution in [0.3, 0.4) is 0 Å². The zero-order chi connectivity index (χ0) is 14.1. The molecule has 0 fully saturated rings. The van der Waals surface area contributed by atoms with Crippen LogP contribution < -0.4 is 0 Å². The monoisotopic (exact) mass is 345 g/mol. The first-order valence-electron chi connectivity index (χ1n) is 4.90. The fraction of sp³-hybridized carbons (Fsp3) is 0.400. The van der Waals surface area contributed by atoms with Gasteiger partial charge in [-0.3, -0.25) is 0 Å². The summed E-state index contributed by atoms with van der Waals surface area (Å²) in [5.74, 6) is -4.05. The van der Waals surface area contributed by atoms with Crippen LogP contribution in [0, 0.1) is 17.5 Å². The van der Waals surface area contributed by atoms with E-state index in [0.717, 1.165) is 4.31 Å². The average Bonchev–Trinajstić information content (AvgIpc) is 2.24. The molecule has 0 aliphatic rings. The molecule has 0 aromatic heterocycles. The molecule has 0 heterocycles. The molecule has 1 unspecified atom stereocenters. The van der Waals surface area contributed by atoms with Crippen molar-refractivity contribution in [2.45, 2.75) is 17.9 Å². The molecule has 0 aliphatic heterocycles. The van der Waals surface area contributed by atoms with Gasteiger partial charge in [0.2, 0.25) is 10.0 Å². The Hall–Kier alpha value is -0.600. The van der Waals surface area contributed by atoms with Crippen LogP contribution in [0.2, 0.25) is 0 Å². The molecule has 0 N–H and O–H groups in total. The van der Waals surface area contributed by atoms with Crippen molar-refractivity contribution in [2.24, 2.45) is 0 Å². The largest absolute Gasteiger partial charge is 0.248 e. The third kappa shape index (κ3) is 2.86. The normalized spacial score (nSPS) is 13.9. The maximum absolute atomic E-state index is 13.4. The van der Waals surface area contributed by atoms with Gasteiger partial charge in [0.25, 0.3) is 0 Å². The molecule has 18 heavy (non-hydrogen) atoms. The van der Waals surface area contributed by atoms with Gasteiger partial charge in [-0.2, -0.15) is 4.31 Å². The zero-order valence-corrected chi connectivity index (χ0v) is 12.0. The highest BCUT2D eigenvalue weighted by Crippen LogP contribution is 2.24. The van der Waals surface area contributed by atoms with Crippen molar-refractivity contribution < 1.29 is 21.6 Å². The van der Waals surface area contributed by atoms with E-state index in [-0.39, 0.29) is 0 Å². The topological polar surface area (TPSA) is 37.4 Å². The van der Waals surface area contributed by atoms with Gasteiger partial charge in [0.1, 0.15) is 17.5 Å². The lowest BCUT2D eigenvalue weighted by molar-refractivity contribution is 0.405. The molecule has 0 aliphatic carbocycles. The van der Waals surface area contributed by atoms with E-state index in [0.29, 0.717) is 17.5 Å². The minimum absolute atomic E-state index is 0.299. The molecule has 0 spiro atoms. The van der Waals surface area contributed by atoms with E-state index in [2.05, 4.69) is 15.9 Å². The van der Waals surface area contributed by atoms with E-state index in [1.807, 2.05) is 0 Å². The molecule has 102 valence electrons. The number of nitrogens with zero attached hydrogens (tertiary/aromatic N) is 1. The van der Waals surface area contributed by atoms with Crippen LogP contribution >= 0.6 is 15.9 Å². The first-order valence-corrected chi connectivity index (χ1v) is 7.46. The van der Waals surface area contributed by atoms with Crippen molar-refractivity contribution in [1.29, 1.82) is 0 Å². The van der Waals surface area contributed by atoms with E-state index in [1.54, 1.807) is 6.92 Å². The molecule has 0 saturated heterocycles.